The number of methoxy groups -OCH3 is 1. The first kappa shape index (κ1) is 15.0. The maximum Gasteiger partial charge on any atom is 0.221 e. The third kappa shape index (κ3) is 5.01. The molecule has 19 heavy (non-hydrogen) atoms. The number of carbonyl (C=O) groups is 1. The summed E-state index contributed by atoms with van der Waals surface area (Å²) in [6.07, 6.45) is 2.26. The quantitative estimate of drug-likeness (QED) is 0.817. The van der Waals surface area contributed by atoms with Crippen LogP contribution in [-0.2, 0) is 17.6 Å². The maximum atomic E-state index is 11.3. The molecular formula is C15H20N2O2. The number of nitrogens with one attached hydrogen (secondary N) is 1. The van der Waals surface area contributed by atoms with E-state index in [4.69, 9.17) is 10.00 Å². The van der Waals surface area contributed by atoms with Crippen molar-refractivity contribution in [3.63, 3.8) is 0 Å². The Bertz CT molecular complexity index is 464. The summed E-state index contributed by atoms with van der Waals surface area (Å²) >= 11 is 0. The van der Waals surface area contributed by atoms with Crippen molar-refractivity contribution in [1.82, 2.24) is 5.32 Å². The Balaban J connectivity index is 2.46. The number of rotatable bonds is 7. The van der Waals surface area contributed by atoms with Crippen LogP contribution >= 0.6 is 0 Å². The van der Waals surface area contributed by atoms with E-state index in [1.807, 2.05) is 18.2 Å². The van der Waals surface area contributed by atoms with Crippen LogP contribution in [0.4, 0.5) is 0 Å². The highest BCUT2D eigenvalue weighted by Crippen LogP contribution is 2.20. The molecule has 0 saturated heterocycles. The highest BCUT2D eigenvalue weighted by molar-refractivity contribution is 5.76. The second-order valence-corrected chi connectivity index (χ2v) is 4.26. The average Bonchev–Trinajstić information content (AvgIpc) is 2.44. The number of carbonyl (C=O) groups excluding carboxylic acids is 1. The lowest BCUT2D eigenvalue weighted by molar-refractivity contribution is -0.120. The monoisotopic (exact) mass is 260 g/mol. The Morgan fingerprint density at radius 2 is 2.26 bits per heavy atom. The predicted octanol–water partition coefficient (Wildman–Crippen LogP) is 2.22. The number of benzene rings is 1. The van der Waals surface area contributed by atoms with E-state index >= 15 is 0 Å². The van der Waals surface area contributed by atoms with Gasteiger partial charge >= 0.3 is 0 Å². The normalized spacial score (nSPS) is 9.74. The number of ether oxygens (including phenoxy) is 1. The van der Waals surface area contributed by atoms with Crippen LogP contribution in [0, 0.1) is 11.3 Å². The topological polar surface area (TPSA) is 62.1 Å². The van der Waals surface area contributed by atoms with E-state index in [0.29, 0.717) is 6.54 Å². The van der Waals surface area contributed by atoms with Crippen molar-refractivity contribution >= 4 is 5.91 Å². The van der Waals surface area contributed by atoms with Crippen molar-refractivity contribution in [3.8, 4) is 11.8 Å². The SMILES string of the molecule is CCc1cc(CCNC(=O)CCC#N)ccc1OC. The molecule has 0 aromatic heterocycles. The summed E-state index contributed by atoms with van der Waals surface area (Å²) in [5, 5.41) is 11.2. The largest absolute Gasteiger partial charge is 0.496 e. The van der Waals surface area contributed by atoms with Crippen molar-refractivity contribution in [2.45, 2.75) is 32.6 Å². The van der Waals surface area contributed by atoms with E-state index in [9.17, 15) is 4.79 Å². The molecule has 0 radical (unpaired) electrons. The molecule has 1 amide bonds. The minimum atomic E-state index is -0.0641. The summed E-state index contributed by atoms with van der Waals surface area (Å²) in [6, 6.07) is 8.05. The van der Waals surface area contributed by atoms with E-state index in [0.717, 1.165) is 18.6 Å². The van der Waals surface area contributed by atoms with Crippen LogP contribution in [0.1, 0.15) is 30.9 Å². The first-order valence-electron chi connectivity index (χ1n) is 6.50. The second-order valence-electron chi connectivity index (χ2n) is 4.26. The molecule has 1 N–H and O–H groups in total. The predicted molar refractivity (Wildman–Crippen MR) is 73.9 cm³/mol. The lowest BCUT2D eigenvalue weighted by Crippen LogP contribution is -2.25. The van der Waals surface area contributed by atoms with Gasteiger partial charge in [-0.3, -0.25) is 4.79 Å². The van der Waals surface area contributed by atoms with Crippen molar-refractivity contribution in [3.05, 3.63) is 29.3 Å². The molecule has 1 rings (SSSR count). The van der Waals surface area contributed by atoms with Gasteiger partial charge < -0.3 is 10.1 Å². The van der Waals surface area contributed by atoms with Crippen LogP contribution in [0.25, 0.3) is 0 Å². The minimum absolute atomic E-state index is 0.0641. The van der Waals surface area contributed by atoms with Gasteiger partial charge in [0, 0.05) is 19.4 Å². The zero-order valence-corrected chi connectivity index (χ0v) is 11.5. The van der Waals surface area contributed by atoms with E-state index in [2.05, 4.69) is 18.3 Å². The fourth-order valence-corrected chi connectivity index (χ4v) is 1.87. The highest BCUT2D eigenvalue weighted by atomic mass is 16.5. The van der Waals surface area contributed by atoms with Gasteiger partial charge in [0.25, 0.3) is 0 Å². The zero-order valence-electron chi connectivity index (χ0n) is 11.5. The summed E-state index contributed by atoms with van der Waals surface area (Å²) in [7, 11) is 1.67. The number of nitriles is 1. The molecule has 0 atom stereocenters. The molecule has 0 unspecified atom stereocenters. The Labute approximate surface area is 114 Å². The van der Waals surface area contributed by atoms with Crippen LogP contribution in [0.2, 0.25) is 0 Å². The van der Waals surface area contributed by atoms with Crippen molar-refractivity contribution in [2.75, 3.05) is 13.7 Å². The summed E-state index contributed by atoms with van der Waals surface area (Å²) in [5.41, 5.74) is 2.36. The van der Waals surface area contributed by atoms with Gasteiger partial charge in [-0.15, -0.1) is 0 Å². The average molecular weight is 260 g/mol. The summed E-state index contributed by atoms with van der Waals surface area (Å²) in [4.78, 5) is 11.3. The van der Waals surface area contributed by atoms with Crippen LogP contribution in [0.5, 0.6) is 5.75 Å². The minimum Gasteiger partial charge on any atom is -0.496 e. The van der Waals surface area contributed by atoms with Crippen molar-refractivity contribution in [2.24, 2.45) is 0 Å². The smallest absolute Gasteiger partial charge is 0.221 e. The van der Waals surface area contributed by atoms with Crippen LogP contribution in [-0.4, -0.2) is 19.6 Å². The van der Waals surface area contributed by atoms with E-state index in [1.54, 1.807) is 7.11 Å². The third-order valence-electron chi connectivity index (χ3n) is 2.93. The molecule has 0 heterocycles. The van der Waals surface area contributed by atoms with Crippen LogP contribution < -0.4 is 10.1 Å². The Kier molecular flexibility index (Phi) is 6.45. The first-order chi connectivity index (χ1) is 9.21. The number of hydrogen-bond acceptors (Lipinski definition) is 3. The summed E-state index contributed by atoms with van der Waals surface area (Å²) < 4.78 is 5.28. The lowest BCUT2D eigenvalue weighted by atomic mass is 10.1. The van der Waals surface area contributed by atoms with Crippen LogP contribution in [0.15, 0.2) is 18.2 Å². The van der Waals surface area contributed by atoms with Gasteiger partial charge in [-0.2, -0.15) is 5.26 Å². The number of aryl methyl sites for hydroxylation is 1. The van der Waals surface area contributed by atoms with E-state index < -0.39 is 0 Å². The fourth-order valence-electron chi connectivity index (χ4n) is 1.87. The molecule has 0 bridgehead atoms. The van der Waals surface area contributed by atoms with Gasteiger partial charge in [-0.25, -0.2) is 0 Å². The van der Waals surface area contributed by atoms with Gasteiger partial charge in [0.15, 0.2) is 0 Å². The zero-order chi connectivity index (χ0) is 14.1. The number of amides is 1. The molecule has 102 valence electrons. The standard InChI is InChI=1S/C15H20N2O2/c1-3-13-11-12(6-7-14(13)19-2)8-10-17-15(18)5-4-9-16/h6-7,11H,3-5,8,10H2,1-2H3,(H,17,18). The molecule has 4 nitrogen and oxygen atoms in total. The Morgan fingerprint density at radius 1 is 1.47 bits per heavy atom. The van der Waals surface area contributed by atoms with Crippen molar-refractivity contribution in [1.29, 1.82) is 5.26 Å². The molecule has 4 heteroatoms. The number of hydrogen-bond donors (Lipinski definition) is 1. The molecular weight excluding hydrogens is 240 g/mol. The van der Waals surface area contributed by atoms with Gasteiger partial charge in [0.05, 0.1) is 13.2 Å². The van der Waals surface area contributed by atoms with E-state index in [1.165, 1.54) is 11.1 Å². The molecule has 0 aliphatic rings. The van der Waals surface area contributed by atoms with Gasteiger partial charge in [0.1, 0.15) is 5.75 Å². The second kappa shape index (κ2) is 8.15. The fraction of sp³-hybridized carbons (Fsp3) is 0.467. The van der Waals surface area contributed by atoms with Crippen molar-refractivity contribution < 1.29 is 9.53 Å². The highest BCUT2D eigenvalue weighted by Gasteiger charge is 2.04. The summed E-state index contributed by atoms with van der Waals surface area (Å²) in [6.45, 7) is 2.69. The third-order valence-corrected chi connectivity index (χ3v) is 2.93. The number of nitrogens with zero attached hydrogens (tertiary/aromatic N) is 1. The van der Waals surface area contributed by atoms with Gasteiger partial charge in [0.2, 0.25) is 5.91 Å². The van der Waals surface area contributed by atoms with E-state index in [-0.39, 0.29) is 18.7 Å². The molecule has 0 fully saturated rings. The first-order valence-corrected chi connectivity index (χ1v) is 6.50. The van der Waals surface area contributed by atoms with Gasteiger partial charge in [-0.1, -0.05) is 19.1 Å². The van der Waals surface area contributed by atoms with Crippen LogP contribution in [0.3, 0.4) is 0 Å². The Hall–Kier alpha value is -2.02. The molecule has 0 spiro atoms. The molecule has 0 aliphatic heterocycles. The summed E-state index contributed by atoms with van der Waals surface area (Å²) in [5.74, 6) is 0.843. The Morgan fingerprint density at radius 3 is 2.89 bits per heavy atom. The maximum absolute atomic E-state index is 11.3. The molecule has 0 aliphatic carbocycles. The molecule has 1 aromatic rings. The van der Waals surface area contributed by atoms with Gasteiger partial charge in [-0.05, 0) is 30.0 Å². The molecule has 0 saturated carbocycles. The lowest BCUT2D eigenvalue weighted by Gasteiger charge is -2.09. The molecule has 1 aromatic carbocycles.